The van der Waals surface area contributed by atoms with Crippen molar-refractivity contribution in [2.24, 2.45) is 0 Å². The van der Waals surface area contributed by atoms with Gasteiger partial charge in [-0.05, 0) is 91.0 Å². The first-order valence-corrected chi connectivity index (χ1v) is 17.2. The van der Waals surface area contributed by atoms with Crippen molar-refractivity contribution < 1.29 is 14.4 Å². The van der Waals surface area contributed by atoms with Crippen molar-refractivity contribution in [3.63, 3.8) is 0 Å². The minimum Gasteiger partial charge on any atom is -0.311 e. The van der Waals surface area contributed by atoms with E-state index in [1.54, 1.807) is 75.7 Å². The van der Waals surface area contributed by atoms with Crippen LogP contribution in [0.3, 0.4) is 0 Å². The third-order valence-electron chi connectivity index (χ3n) is 8.94. The molecule has 7 rings (SSSR count). The second kappa shape index (κ2) is 15.3. The van der Waals surface area contributed by atoms with Crippen molar-refractivity contribution in [2.75, 3.05) is 35.8 Å². The highest BCUT2D eigenvalue weighted by Gasteiger charge is 2.24. The van der Waals surface area contributed by atoms with Crippen LogP contribution >= 0.6 is 0 Å². The van der Waals surface area contributed by atoms with E-state index in [2.05, 4.69) is 35.5 Å². The largest absolute Gasteiger partial charge is 0.311 e. The second-order valence-electron chi connectivity index (χ2n) is 12.7. The minimum absolute atomic E-state index is 0.316. The molecule has 0 saturated heterocycles. The molecular formula is C48H33N3O3. The fourth-order valence-electron chi connectivity index (χ4n) is 5.93. The molecule has 0 aromatic heterocycles. The van der Waals surface area contributed by atoms with Gasteiger partial charge in [0.1, 0.15) is 0 Å². The van der Waals surface area contributed by atoms with Crippen molar-refractivity contribution in [2.45, 2.75) is 0 Å². The van der Waals surface area contributed by atoms with E-state index in [-0.39, 0.29) is 17.7 Å². The Balaban J connectivity index is 1.42. The zero-order valence-electron chi connectivity index (χ0n) is 29.9. The van der Waals surface area contributed by atoms with Crippen LogP contribution in [0.2, 0.25) is 0 Å². The molecule has 6 bridgehead atoms. The molecule has 0 saturated carbocycles. The van der Waals surface area contributed by atoms with E-state index in [1.165, 1.54) is 14.7 Å². The normalized spacial score (nSPS) is 12.3. The van der Waals surface area contributed by atoms with Crippen LogP contribution in [0.25, 0.3) is 0 Å². The lowest BCUT2D eigenvalue weighted by Crippen LogP contribution is -2.29. The summed E-state index contributed by atoms with van der Waals surface area (Å²) in [6, 6.07) is 44.2. The van der Waals surface area contributed by atoms with Crippen LogP contribution < -0.4 is 14.7 Å². The molecule has 54 heavy (non-hydrogen) atoms. The predicted molar refractivity (Wildman–Crippen MR) is 215 cm³/mol. The first-order valence-electron chi connectivity index (χ1n) is 17.2. The molecule has 6 heteroatoms. The smallest absolute Gasteiger partial charge is 0.258 e. The molecule has 258 valence electrons. The summed E-state index contributed by atoms with van der Waals surface area (Å²) < 4.78 is 0. The number of amides is 3. The zero-order valence-corrected chi connectivity index (χ0v) is 29.9. The molecule has 6 aromatic rings. The fourth-order valence-corrected chi connectivity index (χ4v) is 5.93. The van der Waals surface area contributed by atoms with Gasteiger partial charge < -0.3 is 14.7 Å². The standard InChI is InChI=1S/C48H33N3O3/c1-49-43-28-37(22-19-34-13-7-4-8-14-34)26-41(31-43)47(53)51(3)45-30-39(24-21-36-17-11-6-12-18-36)27-42(33-45)48(54)50(2)44-29-38(25-40(32-44)46(49)52)23-20-35-15-9-5-10-16-35/h4-18,25-33H,1-3H3. The highest BCUT2D eigenvalue weighted by Crippen LogP contribution is 2.28. The summed E-state index contributed by atoms with van der Waals surface area (Å²) in [6.07, 6.45) is 0. The molecule has 0 aliphatic carbocycles. The van der Waals surface area contributed by atoms with Crippen LogP contribution in [0.5, 0.6) is 0 Å². The third kappa shape index (κ3) is 7.83. The number of hydrogen-bond donors (Lipinski definition) is 0. The SMILES string of the molecule is CN1C(=O)c2cc(C#Cc3ccccc3)cc(c2)N(C)C(=O)c2cc(C#Cc3ccccc3)cc(c2)N(C)C(=O)c2cc(C#Cc3ccccc3)cc1c2. The molecule has 3 amide bonds. The Hall–Kier alpha value is -7.59. The molecule has 6 nitrogen and oxygen atoms in total. The highest BCUT2D eigenvalue weighted by molar-refractivity contribution is 6.12. The summed E-state index contributed by atoms with van der Waals surface area (Å²) in [7, 11) is 4.96. The van der Waals surface area contributed by atoms with Crippen molar-refractivity contribution >= 4 is 34.8 Å². The summed E-state index contributed by atoms with van der Waals surface area (Å²) in [5.74, 6) is 18.0. The van der Waals surface area contributed by atoms with Gasteiger partial charge in [-0.25, -0.2) is 0 Å². The maximum absolute atomic E-state index is 14.3. The Morgan fingerprint density at radius 2 is 0.556 bits per heavy atom. The molecule has 6 aromatic carbocycles. The van der Waals surface area contributed by atoms with E-state index in [1.807, 2.05) is 91.0 Å². The van der Waals surface area contributed by atoms with Crippen LogP contribution in [-0.2, 0) is 0 Å². The number of carbonyl (C=O) groups excluding carboxylic acids is 3. The lowest BCUT2D eigenvalue weighted by Gasteiger charge is -2.21. The maximum atomic E-state index is 14.3. The Bertz CT molecular complexity index is 2320. The number of rotatable bonds is 0. The minimum atomic E-state index is -0.353. The van der Waals surface area contributed by atoms with Gasteiger partial charge in [0.2, 0.25) is 0 Å². The zero-order chi connectivity index (χ0) is 37.6. The molecule has 0 unspecified atom stereocenters. The number of carbonyl (C=O) groups is 3. The van der Waals surface area contributed by atoms with Crippen molar-refractivity contribution in [3.8, 4) is 35.5 Å². The molecule has 1 heterocycles. The van der Waals surface area contributed by atoms with E-state index in [0.29, 0.717) is 50.4 Å². The van der Waals surface area contributed by atoms with E-state index in [9.17, 15) is 14.4 Å². The van der Waals surface area contributed by atoms with E-state index >= 15 is 0 Å². The average Bonchev–Trinajstić information content (AvgIpc) is 3.23. The maximum Gasteiger partial charge on any atom is 0.258 e. The summed E-state index contributed by atoms with van der Waals surface area (Å²) in [5.41, 5.74) is 6.46. The Kier molecular flexibility index (Phi) is 9.90. The molecule has 0 radical (unpaired) electrons. The van der Waals surface area contributed by atoms with Gasteiger partial charge in [-0.2, -0.15) is 0 Å². The quantitative estimate of drug-likeness (QED) is 0.151. The lowest BCUT2D eigenvalue weighted by molar-refractivity contribution is 0.0982. The van der Waals surface area contributed by atoms with E-state index < -0.39 is 0 Å². The van der Waals surface area contributed by atoms with Gasteiger partial charge >= 0.3 is 0 Å². The summed E-state index contributed by atoms with van der Waals surface area (Å²) in [6.45, 7) is 0. The van der Waals surface area contributed by atoms with Gasteiger partial charge in [0, 0.05) is 88.3 Å². The summed E-state index contributed by atoms with van der Waals surface area (Å²) >= 11 is 0. The van der Waals surface area contributed by atoms with E-state index in [0.717, 1.165) is 16.7 Å². The molecule has 0 fully saturated rings. The lowest BCUT2D eigenvalue weighted by atomic mass is 10.0. The third-order valence-corrected chi connectivity index (χ3v) is 8.94. The molecule has 0 atom stereocenters. The first kappa shape index (κ1) is 34.8. The number of benzene rings is 6. The van der Waals surface area contributed by atoms with Crippen LogP contribution in [0.15, 0.2) is 146 Å². The Morgan fingerprint density at radius 3 is 0.815 bits per heavy atom. The van der Waals surface area contributed by atoms with Gasteiger partial charge in [-0.15, -0.1) is 0 Å². The van der Waals surface area contributed by atoms with Crippen LogP contribution in [0.4, 0.5) is 17.1 Å². The van der Waals surface area contributed by atoms with Crippen LogP contribution in [0, 0.1) is 35.5 Å². The molecule has 0 spiro atoms. The second-order valence-corrected chi connectivity index (χ2v) is 12.7. The number of anilines is 3. The molecule has 0 N–H and O–H groups in total. The van der Waals surface area contributed by atoms with Gasteiger partial charge in [0.25, 0.3) is 17.7 Å². The fraction of sp³-hybridized carbons (Fsp3) is 0.0625. The topological polar surface area (TPSA) is 60.9 Å². The van der Waals surface area contributed by atoms with Crippen LogP contribution in [0.1, 0.15) is 64.5 Å². The van der Waals surface area contributed by atoms with Crippen molar-refractivity contribution in [1.29, 1.82) is 0 Å². The number of nitrogens with zero attached hydrogens (tertiary/aromatic N) is 3. The Morgan fingerprint density at radius 1 is 0.315 bits per heavy atom. The van der Waals surface area contributed by atoms with Gasteiger partial charge in [0.15, 0.2) is 0 Å². The van der Waals surface area contributed by atoms with Crippen molar-refractivity contribution in [3.05, 3.63) is 196 Å². The van der Waals surface area contributed by atoms with Crippen LogP contribution in [-0.4, -0.2) is 38.9 Å². The highest BCUT2D eigenvalue weighted by atomic mass is 16.2. The molecular weight excluding hydrogens is 667 g/mol. The predicted octanol–water partition coefficient (Wildman–Crippen LogP) is 8.03. The Labute approximate surface area is 315 Å². The monoisotopic (exact) mass is 699 g/mol. The summed E-state index contributed by atoms with van der Waals surface area (Å²) in [5, 5.41) is 0. The van der Waals surface area contributed by atoms with Gasteiger partial charge in [-0.3, -0.25) is 14.4 Å². The van der Waals surface area contributed by atoms with Gasteiger partial charge in [-0.1, -0.05) is 90.1 Å². The molecule has 1 aliphatic rings. The number of fused-ring (bicyclic) bond motifs is 6. The van der Waals surface area contributed by atoms with Gasteiger partial charge in [0.05, 0.1) is 0 Å². The van der Waals surface area contributed by atoms with Crippen molar-refractivity contribution in [1.82, 2.24) is 0 Å². The first-order chi connectivity index (χ1) is 26.2. The summed E-state index contributed by atoms with van der Waals surface area (Å²) in [4.78, 5) is 47.4. The average molecular weight is 700 g/mol. The van der Waals surface area contributed by atoms with E-state index in [4.69, 9.17) is 0 Å². The molecule has 1 aliphatic heterocycles. The number of hydrogen-bond acceptors (Lipinski definition) is 3.